The third kappa shape index (κ3) is 5.67. The number of anilines is 3. The molecule has 0 bridgehead atoms. The highest BCUT2D eigenvalue weighted by Gasteiger charge is 2.27. The number of rotatable bonds is 8. The van der Waals surface area contributed by atoms with E-state index in [1.54, 1.807) is 0 Å². The molecule has 8 aromatic rings. The first-order valence-corrected chi connectivity index (χ1v) is 17.7. The summed E-state index contributed by atoms with van der Waals surface area (Å²) < 4.78 is 2.38. The van der Waals surface area contributed by atoms with E-state index in [1.165, 1.54) is 27.5 Å². The van der Waals surface area contributed by atoms with Crippen LogP contribution in [-0.4, -0.2) is 23.8 Å². The highest BCUT2D eigenvalue weighted by atomic mass is 15.3. The Hall–Kier alpha value is -7.05. The van der Waals surface area contributed by atoms with Crippen LogP contribution in [0.2, 0.25) is 0 Å². The van der Waals surface area contributed by atoms with Crippen molar-refractivity contribution >= 4 is 63.8 Å². The molecule has 0 N–H and O–H groups in total. The van der Waals surface area contributed by atoms with Crippen molar-refractivity contribution in [2.24, 2.45) is 15.2 Å². The zero-order chi connectivity index (χ0) is 35.7. The fourth-order valence-corrected chi connectivity index (χ4v) is 7.70. The van der Waals surface area contributed by atoms with E-state index in [0.29, 0.717) is 6.54 Å². The molecule has 0 fully saturated rings. The second kappa shape index (κ2) is 13.6. The molecule has 6 nitrogen and oxygen atoms in total. The van der Waals surface area contributed by atoms with Gasteiger partial charge in [-0.3, -0.25) is 4.99 Å². The number of hydrogen-bond donors (Lipinski definition) is 0. The lowest BCUT2D eigenvalue weighted by Crippen LogP contribution is -2.31. The molecule has 0 amide bonds. The van der Waals surface area contributed by atoms with E-state index in [-0.39, 0.29) is 0 Å². The van der Waals surface area contributed by atoms with Gasteiger partial charge >= 0.3 is 0 Å². The van der Waals surface area contributed by atoms with Crippen molar-refractivity contribution in [1.29, 1.82) is 0 Å². The van der Waals surface area contributed by atoms with Gasteiger partial charge in [-0.2, -0.15) is 5.10 Å². The molecule has 0 atom stereocenters. The molecule has 0 spiro atoms. The second-order valence-electron chi connectivity index (χ2n) is 13.1. The lowest BCUT2D eigenvalue weighted by atomic mass is 9.91. The number of amidine groups is 1. The van der Waals surface area contributed by atoms with Crippen molar-refractivity contribution in [3.05, 3.63) is 187 Å². The quantitative estimate of drug-likeness (QED) is 0.0909. The third-order valence-electron chi connectivity index (χ3n) is 10.1. The Morgan fingerprint density at radius 2 is 1.30 bits per heavy atom. The van der Waals surface area contributed by atoms with E-state index in [4.69, 9.17) is 0 Å². The van der Waals surface area contributed by atoms with Crippen LogP contribution in [0.3, 0.4) is 0 Å². The molecule has 254 valence electrons. The molecule has 53 heavy (non-hydrogen) atoms. The number of aromatic nitrogens is 1. The van der Waals surface area contributed by atoms with Gasteiger partial charge in [-0.05, 0) is 78.0 Å². The Morgan fingerprint density at radius 1 is 0.604 bits per heavy atom. The summed E-state index contributed by atoms with van der Waals surface area (Å²) in [5.74, 6) is 0.733. The molecule has 2 heterocycles. The molecular formula is C47H36N6. The van der Waals surface area contributed by atoms with Gasteiger partial charge in [0.1, 0.15) is 0 Å². The zero-order valence-corrected chi connectivity index (χ0v) is 29.2. The van der Waals surface area contributed by atoms with Crippen molar-refractivity contribution in [3.63, 3.8) is 0 Å². The molecule has 0 radical (unpaired) electrons. The maximum Gasteiger partial charge on any atom is 0.163 e. The molecule has 1 aliphatic rings. The minimum absolute atomic E-state index is 0.616. The smallest absolute Gasteiger partial charge is 0.163 e. The van der Waals surface area contributed by atoms with Crippen molar-refractivity contribution in [3.8, 4) is 16.8 Å². The summed E-state index contributed by atoms with van der Waals surface area (Å²) in [7, 11) is 0. The molecule has 6 heteroatoms. The average Bonchev–Trinajstić information content (AvgIpc) is 3.55. The largest absolute Gasteiger partial charge is 0.335 e. The number of benzene rings is 7. The van der Waals surface area contributed by atoms with Crippen LogP contribution in [0.5, 0.6) is 0 Å². The summed E-state index contributed by atoms with van der Waals surface area (Å²) in [6.45, 7) is 8.96. The van der Waals surface area contributed by atoms with Gasteiger partial charge in [0.25, 0.3) is 0 Å². The first-order chi connectivity index (χ1) is 26.2. The summed E-state index contributed by atoms with van der Waals surface area (Å²) >= 11 is 0. The number of aliphatic imine (C=N–C) groups is 1. The molecule has 7 aromatic carbocycles. The van der Waals surface area contributed by atoms with E-state index in [1.807, 2.05) is 36.4 Å². The second-order valence-corrected chi connectivity index (χ2v) is 13.1. The van der Waals surface area contributed by atoms with E-state index in [9.17, 15) is 0 Å². The van der Waals surface area contributed by atoms with E-state index < -0.39 is 0 Å². The summed E-state index contributed by atoms with van der Waals surface area (Å²) in [6, 6.07) is 59.7. The van der Waals surface area contributed by atoms with E-state index >= 15 is 0 Å². The number of nitrogens with zero attached hydrogens (tertiary/aromatic N) is 6. The predicted octanol–water partition coefficient (Wildman–Crippen LogP) is 11.5. The summed E-state index contributed by atoms with van der Waals surface area (Å²) in [5, 5.41) is 10.9. The van der Waals surface area contributed by atoms with Crippen molar-refractivity contribution in [2.75, 3.05) is 9.80 Å². The van der Waals surface area contributed by atoms with Crippen LogP contribution in [0.1, 0.15) is 16.7 Å². The van der Waals surface area contributed by atoms with Crippen LogP contribution in [0.4, 0.5) is 22.7 Å². The van der Waals surface area contributed by atoms with E-state index in [0.717, 1.165) is 63.0 Å². The van der Waals surface area contributed by atoms with Crippen LogP contribution in [0.15, 0.2) is 185 Å². The van der Waals surface area contributed by atoms with Crippen LogP contribution < -0.4 is 9.80 Å². The Morgan fingerprint density at radius 3 is 2.09 bits per heavy atom. The minimum atomic E-state index is 0.616. The average molecular weight is 685 g/mol. The molecular weight excluding hydrogens is 649 g/mol. The fourth-order valence-electron chi connectivity index (χ4n) is 7.70. The molecule has 0 saturated carbocycles. The monoisotopic (exact) mass is 684 g/mol. The lowest BCUT2D eigenvalue weighted by Gasteiger charge is -2.34. The van der Waals surface area contributed by atoms with Gasteiger partial charge < -0.3 is 14.4 Å². The first-order valence-electron chi connectivity index (χ1n) is 17.7. The molecule has 0 unspecified atom stereocenters. The molecule has 1 aliphatic heterocycles. The van der Waals surface area contributed by atoms with Crippen LogP contribution in [0, 0.1) is 0 Å². The Labute approximate surface area is 308 Å². The zero-order valence-electron chi connectivity index (χ0n) is 29.2. The Balaban J connectivity index is 1.21. The lowest BCUT2D eigenvalue weighted by molar-refractivity contribution is 0.962. The van der Waals surface area contributed by atoms with Gasteiger partial charge in [0.05, 0.1) is 28.1 Å². The normalized spacial score (nSPS) is 12.4. The highest BCUT2D eigenvalue weighted by Crippen LogP contribution is 2.48. The topological polar surface area (TPSA) is 48.5 Å². The predicted molar refractivity (Wildman–Crippen MR) is 223 cm³/mol. The third-order valence-corrected chi connectivity index (χ3v) is 10.1. The fraction of sp³-hybridized carbons (Fsp3) is 0.0426. The highest BCUT2D eigenvalue weighted by molar-refractivity contribution is 6.13. The van der Waals surface area contributed by atoms with Crippen LogP contribution in [0.25, 0.3) is 38.6 Å². The van der Waals surface area contributed by atoms with Gasteiger partial charge in [-0.25, -0.2) is 0 Å². The van der Waals surface area contributed by atoms with Gasteiger partial charge in [0.15, 0.2) is 5.84 Å². The van der Waals surface area contributed by atoms with Gasteiger partial charge in [0, 0.05) is 53.1 Å². The van der Waals surface area contributed by atoms with Crippen LogP contribution in [-0.2, 0) is 13.1 Å². The number of fused-ring (bicyclic) bond motifs is 6. The Bertz CT molecular complexity index is 2660. The van der Waals surface area contributed by atoms with E-state index in [2.05, 4.69) is 176 Å². The SMILES string of the molecule is C=N/N=C(/c1ccccc1)N(Cc1ccccc1)c1ccc(-n2c3ccccc3c3cc4c(cc32)-c2ccccc2CN4c2ccccc2N=C)cc1. The van der Waals surface area contributed by atoms with Crippen molar-refractivity contribution < 1.29 is 0 Å². The molecule has 0 aliphatic carbocycles. The minimum Gasteiger partial charge on any atom is -0.335 e. The Kier molecular flexibility index (Phi) is 8.18. The van der Waals surface area contributed by atoms with Gasteiger partial charge in [0.2, 0.25) is 0 Å². The van der Waals surface area contributed by atoms with Crippen molar-refractivity contribution in [1.82, 2.24) is 4.57 Å². The van der Waals surface area contributed by atoms with Crippen molar-refractivity contribution in [2.45, 2.75) is 13.1 Å². The first kappa shape index (κ1) is 31.9. The molecule has 0 saturated heterocycles. The molecule has 9 rings (SSSR count). The maximum atomic E-state index is 4.56. The number of hydrogen-bond acceptors (Lipinski definition) is 4. The summed E-state index contributed by atoms with van der Waals surface area (Å²) in [5.41, 5.74) is 13.3. The van der Waals surface area contributed by atoms with Gasteiger partial charge in [-0.15, -0.1) is 5.10 Å². The summed E-state index contributed by atoms with van der Waals surface area (Å²) in [4.78, 5) is 8.98. The number of para-hydroxylation sites is 3. The van der Waals surface area contributed by atoms with Crippen LogP contribution >= 0.6 is 0 Å². The molecule has 1 aromatic heterocycles. The maximum absolute atomic E-state index is 4.56. The summed E-state index contributed by atoms with van der Waals surface area (Å²) in [6.07, 6.45) is 0. The van der Waals surface area contributed by atoms with Gasteiger partial charge in [-0.1, -0.05) is 115 Å². The standard InChI is InChI=1S/C47H36N6/c1-48-42-22-12-14-24-44(42)52-32-35-19-9-10-20-38(35)40-30-46-41(29-45(40)52)39-21-11-13-23-43(39)53(46)37-27-25-36(26-28-37)51(31-33-15-5-3-6-16-33)47(50-49-2)34-17-7-4-8-18-34/h3-30H,1-2,31-32H2/b50-47-.